The van der Waals surface area contributed by atoms with Gasteiger partial charge in [-0.2, -0.15) is 5.10 Å². The zero-order valence-corrected chi connectivity index (χ0v) is 19.7. The number of aromatic nitrogens is 3. The van der Waals surface area contributed by atoms with Crippen molar-refractivity contribution in [2.45, 2.75) is 27.3 Å². The van der Waals surface area contributed by atoms with Crippen LogP contribution in [0.15, 0.2) is 60.0 Å². The van der Waals surface area contributed by atoms with Gasteiger partial charge in [-0.05, 0) is 49.6 Å². The van der Waals surface area contributed by atoms with E-state index < -0.39 is 0 Å². The van der Waals surface area contributed by atoms with Crippen LogP contribution < -0.4 is 5.32 Å². The molecule has 0 fully saturated rings. The maximum atomic E-state index is 12.4. The van der Waals surface area contributed by atoms with Crippen molar-refractivity contribution in [3.05, 3.63) is 93.1 Å². The quantitative estimate of drug-likeness (QED) is 0.343. The number of thiazole rings is 1. The fourth-order valence-electron chi connectivity index (χ4n) is 3.29. The normalized spacial score (nSPS) is 11.2. The SMILES string of the molecule is Cc1ccc(-c2csc(NC(=O)C=Cc3c(C)nn(Cc4ccccc4)c3Cl)n2)cc1C. The Morgan fingerprint density at radius 3 is 2.66 bits per heavy atom. The van der Waals surface area contributed by atoms with E-state index in [0.29, 0.717) is 16.8 Å². The van der Waals surface area contributed by atoms with Gasteiger partial charge in [-0.1, -0.05) is 54.1 Å². The van der Waals surface area contributed by atoms with Gasteiger partial charge >= 0.3 is 0 Å². The molecule has 1 N–H and O–H groups in total. The number of aryl methyl sites for hydroxylation is 3. The number of benzene rings is 2. The van der Waals surface area contributed by atoms with E-state index >= 15 is 0 Å². The summed E-state index contributed by atoms with van der Waals surface area (Å²) in [6.45, 7) is 6.61. The molecule has 0 bridgehead atoms. The van der Waals surface area contributed by atoms with Crippen LogP contribution in [-0.4, -0.2) is 20.7 Å². The molecule has 32 heavy (non-hydrogen) atoms. The molecule has 7 heteroatoms. The highest BCUT2D eigenvalue weighted by atomic mass is 35.5. The molecular weight excluding hydrogens is 440 g/mol. The Morgan fingerprint density at radius 1 is 1.12 bits per heavy atom. The molecule has 0 saturated heterocycles. The molecule has 0 spiro atoms. The number of halogens is 1. The molecule has 0 aliphatic carbocycles. The lowest BCUT2D eigenvalue weighted by molar-refractivity contribution is -0.111. The summed E-state index contributed by atoms with van der Waals surface area (Å²) >= 11 is 7.92. The van der Waals surface area contributed by atoms with Crippen LogP contribution in [0.2, 0.25) is 5.15 Å². The molecule has 0 saturated carbocycles. The molecule has 0 aliphatic rings. The van der Waals surface area contributed by atoms with E-state index in [-0.39, 0.29) is 5.91 Å². The molecule has 4 aromatic rings. The fraction of sp³-hybridized carbons (Fsp3) is 0.160. The Balaban J connectivity index is 1.44. The number of anilines is 1. The van der Waals surface area contributed by atoms with Crippen molar-refractivity contribution < 1.29 is 4.79 Å². The Kier molecular flexibility index (Phi) is 6.53. The van der Waals surface area contributed by atoms with Crippen molar-refractivity contribution >= 4 is 40.1 Å². The topological polar surface area (TPSA) is 59.8 Å². The lowest BCUT2D eigenvalue weighted by Crippen LogP contribution is -2.07. The molecule has 2 aromatic carbocycles. The van der Waals surface area contributed by atoms with E-state index in [9.17, 15) is 4.79 Å². The van der Waals surface area contributed by atoms with Gasteiger partial charge in [0.25, 0.3) is 0 Å². The average molecular weight is 463 g/mol. The van der Waals surface area contributed by atoms with Crippen LogP contribution >= 0.6 is 22.9 Å². The maximum Gasteiger partial charge on any atom is 0.250 e. The fourth-order valence-corrected chi connectivity index (χ4v) is 4.31. The lowest BCUT2D eigenvalue weighted by atomic mass is 10.1. The summed E-state index contributed by atoms with van der Waals surface area (Å²) in [5.74, 6) is -0.266. The average Bonchev–Trinajstić information content (AvgIpc) is 3.34. The Labute approximate surface area is 196 Å². The van der Waals surface area contributed by atoms with E-state index in [0.717, 1.165) is 28.1 Å². The summed E-state index contributed by atoms with van der Waals surface area (Å²) in [5.41, 5.74) is 6.93. The minimum absolute atomic E-state index is 0.266. The second-order valence-electron chi connectivity index (χ2n) is 7.59. The summed E-state index contributed by atoms with van der Waals surface area (Å²) in [6.07, 6.45) is 3.15. The maximum absolute atomic E-state index is 12.4. The van der Waals surface area contributed by atoms with E-state index in [1.54, 1.807) is 10.8 Å². The number of nitrogens with zero attached hydrogens (tertiary/aromatic N) is 3. The lowest BCUT2D eigenvalue weighted by Gasteiger charge is -2.03. The van der Waals surface area contributed by atoms with Gasteiger partial charge in [0.15, 0.2) is 5.13 Å². The van der Waals surface area contributed by atoms with Crippen molar-refractivity contribution in [3.8, 4) is 11.3 Å². The van der Waals surface area contributed by atoms with Gasteiger partial charge in [0.05, 0.1) is 17.9 Å². The number of carbonyl (C=O) groups is 1. The molecule has 0 aliphatic heterocycles. The second-order valence-corrected chi connectivity index (χ2v) is 8.81. The largest absolute Gasteiger partial charge is 0.298 e. The van der Waals surface area contributed by atoms with Crippen LogP contribution in [0.25, 0.3) is 17.3 Å². The number of hydrogen-bond acceptors (Lipinski definition) is 4. The smallest absolute Gasteiger partial charge is 0.250 e. The highest BCUT2D eigenvalue weighted by Crippen LogP contribution is 2.27. The first kappa shape index (κ1) is 22.0. The first-order valence-corrected chi connectivity index (χ1v) is 11.5. The van der Waals surface area contributed by atoms with Crippen LogP contribution in [0.3, 0.4) is 0 Å². The number of carbonyl (C=O) groups excluding carboxylic acids is 1. The molecule has 1 amide bonds. The van der Waals surface area contributed by atoms with E-state index in [4.69, 9.17) is 11.6 Å². The van der Waals surface area contributed by atoms with E-state index in [1.165, 1.54) is 28.5 Å². The zero-order valence-electron chi connectivity index (χ0n) is 18.1. The second kappa shape index (κ2) is 9.51. The molecule has 0 radical (unpaired) electrons. The molecule has 162 valence electrons. The van der Waals surface area contributed by atoms with Crippen molar-refractivity contribution in [2.75, 3.05) is 5.32 Å². The van der Waals surface area contributed by atoms with Crippen LogP contribution in [0, 0.1) is 20.8 Å². The number of rotatable bonds is 6. The van der Waals surface area contributed by atoms with Gasteiger partial charge in [-0.25, -0.2) is 9.67 Å². The van der Waals surface area contributed by atoms with Crippen molar-refractivity contribution in [3.63, 3.8) is 0 Å². The predicted octanol–water partition coefficient (Wildman–Crippen LogP) is 6.29. The standard InChI is InChI=1S/C25H23ClN4OS/c1-16-9-10-20(13-17(16)2)22-15-32-25(27-22)28-23(31)12-11-21-18(3)29-30(24(21)26)14-19-7-5-4-6-8-19/h4-13,15H,14H2,1-3H3,(H,27,28,31). The van der Waals surface area contributed by atoms with Crippen LogP contribution in [0.1, 0.15) is 27.9 Å². The molecular formula is C25H23ClN4OS. The van der Waals surface area contributed by atoms with Gasteiger partial charge < -0.3 is 0 Å². The number of hydrogen-bond donors (Lipinski definition) is 1. The first-order valence-electron chi connectivity index (χ1n) is 10.2. The Bertz CT molecular complexity index is 1290. The molecule has 4 rings (SSSR count). The van der Waals surface area contributed by atoms with Crippen molar-refractivity contribution in [2.24, 2.45) is 0 Å². The summed E-state index contributed by atoms with van der Waals surface area (Å²) in [4.78, 5) is 17.0. The van der Waals surface area contributed by atoms with Gasteiger partial charge in [-0.3, -0.25) is 10.1 Å². The van der Waals surface area contributed by atoms with Gasteiger partial charge in [0, 0.05) is 22.6 Å². The first-order chi connectivity index (χ1) is 15.4. The summed E-state index contributed by atoms with van der Waals surface area (Å²) in [6, 6.07) is 16.2. The van der Waals surface area contributed by atoms with E-state index in [1.807, 2.05) is 48.7 Å². The van der Waals surface area contributed by atoms with Crippen LogP contribution in [0.5, 0.6) is 0 Å². The van der Waals surface area contributed by atoms with Gasteiger partial charge in [0.1, 0.15) is 5.15 Å². The molecule has 0 unspecified atom stereocenters. The molecule has 0 atom stereocenters. The minimum Gasteiger partial charge on any atom is -0.298 e. The Hall–Kier alpha value is -3.22. The predicted molar refractivity (Wildman–Crippen MR) is 132 cm³/mol. The molecule has 5 nitrogen and oxygen atoms in total. The van der Waals surface area contributed by atoms with E-state index in [2.05, 4.69) is 41.4 Å². The monoisotopic (exact) mass is 462 g/mol. The van der Waals surface area contributed by atoms with Crippen molar-refractivity contribution in [1.29, 1.82) is 0 Å². The number of nitrogens with one attached hydrogen (secondary N) is 1. The molecule has 2 aromatic heterocycles. The zero-order chi connectivity index (χ0) is 22.7. The summed E-state index contributed by atoms with van der Waals surface area (Å²) in [5, 5.41) is 10.3. The van der Waals surface area contributed by atoms with Gasteiger partial charge in [0.2, 0.25) is 5.91 Å². The third-order valence-electron chi connectivity index (χ3n) is 5.22. The third kappa shape index (κ3) is 4.98. The Morgan fingerprint density at radius 2 is 1.91 bits per heavy atom. The number of amides is 1. The van der Waals surface area contributed by atoms with Crippen molar-refractivity contribution in [1.82, 2.24) is 14.8 Å². The third-order valence-corrected chi connectivity index (χ3v) is 6.38. The van der Waals surface area contributed by atoms with Gasteiger partial charge in [-0.15, -0.1) is 11.3 Å². The highest BCUT2D eigenvalue weighted by molar-refractivity contribution is 7.14. The minimum atomic E-state index is -0.266. The summed E-state index contributed by atoms with van der Waals surface area (Å²) < 4.78 is 1.74. The van der Waals surface area contributed by atoms with Crippen LogP contribution in [0.4, 0.5) is 5.13 Å². The molecule has 2 heterocycles. The summed E-state index contributed by atoms with van der Waals surface area (Å²) in [7, 11) is 0. The van der Waals surface area contributed by atoms with Crippen LogP contribution in [-0.2, 0) is 11.3 Å². The highest BCUT2D eigenvalue weighted by Gasteiger charge is 2.12.